The fourth-order valence-electron chi connectivity index (χ4n) is 2.92. The van der Waals surface area contributed by atoms with Crippen molar-refractivity contribution >= 4 is 34.0 Å². The van der Waals surface area contributed by atoms with Gasteiger partial charge in [0.15, 0.2) is 0 Å². The molecule has 4 N–H and O–H groups in total. The summed E-state index contributed by atoms with van der Waals surface area (Å²) in [5.74, 6) is 0.433. The van der Waals surface area contributed by atoms with E-state index in [0.29, 0.717) is 27.8 Å². The van der Waals surface area contributed by atoms with Crippen LogP contribution in [0, 0.1) is 6.92 Å². The molecule has 0 aliphatic heterocycles. The van der Waals surface area contributed by atoms with E-state index in [-0.39, 0.29) is 5.56 Å². The zero-order valence-corrected chi connectivity index (χ0v) is 19.1. The Morgan fingerprint density at radius 2 is 1.69 bits per heavy atom. The molecule has 32 heavy (non-hydrogen) atoms. The average molecular weight is 454 g/mol. The Balaban J connectivity index is 1.84. The highest BCUT2D eigenvalue weighted by Crippen LogP contribution is 2.31. The van der Waals surface area contributed by atoms with Crippen LogP contribution in [0.3, 0.4) is 0 Å². The predicted molar refractivity (Wildman–Crippen MR) is 129 cm³/mol. The lowest BCUT2D eigenvalue weighted by molar-refractivity contribution is 0.0601. The highest BCUT2D eigenvalue weighted by Gasteiger charge is 2.16. The number of hydrogen-bond donors (Lipinski definition) is 3. The van der Waals surface area contributed by atoms with Crippen molar-refractivity contribution in [2.45, 2.75) is 25.2 Å². The van der Waals surface area contributed by atoms with Gasteiger partial charge in [0.25, 0.3) is 0 Å². The molecule has 3 rings (SSSR count). The van der Waals surface area contributed by atoms with Gasteiger partial charge in [-0.15, -0.1) is 0 Å². The zero-order valence-electron chi connectivity index (χ0n) is 18.3. The van der Waals surface area contributed by atoms with E-state index in [2.05, 4.69) is 17.0 Å². The number of nitrogen functional groups attached to an aromatic ring is 1. The van der Waals surface area contributed by atoms with Crippen LogP contribution in [0.4, 0.5) is 17.1 Å². The van der Waals surface area contributed by atoms with Crippen LogP contribution in [-0.4, -0.2) is 23.8 Å². The molecule has 3 aromatic rings. The number of benzene rings is 3. The Kier molecular flexibility index (Phi) is 7.72. The highest BCUT2D eigenvalue weighted by molar-refractivity contribution is 7.86. The molecule has 168 valence electrons. The lowest BCUT2D eigenvalue weighted by atomic mass is 10.1. The van der Waals surface area contributed by atoms with Gasteiger partial charge in [-0.1, -0.05) is 24.6 Å². The second-order valence-electron chi connectivity index (χ2n) is 7.16. The van der Waals surface area contributed by atoms with Gasteiger partial charge in [-0.25, -0.2) is 9.00 Å². The van der Waals surface area contributed by atoms with Gasteiger partial charge in [-0.3, -0.25) is 0 Å². The van der Waals surface area contributed by atoms with Crippen molar-refractivity contribution in [1.29, 1.82) is 0 Å². The maximum atomic E-state index is 12.7. The minimum Gasteiger partial charge on any atom is -0.465 e. The number of carbonyl (C=O) groups excluding carboxylic acids is 1. The Labute approximate surface area is 190 Å². The van der Waals surface area contributed by atoms with Gasteiger partial charge in [-0.2, -0.15) is 0 Å². The number of anilines is 3. The van der Waals surface area contributed by atoms with E-state index >= 15 is 0 Å². The smallest absolute Gasteiger partial charge is 0.340 e. The van der Waals surface area contributed by atoms with Gasteiger partial charge in [0.2, 0.25) is 0 Å². The van der Waals surface area contributed by atoms with Crippen molar-refractivity contribution in [3.63, 3.8) is 0 Å². The number of ether oxygens (including phenoxy) is 2. The molecule has 7 nitrogen and oxygen atoms in total. The second-order valence-corrected chi connectivity index (χ2v) is 8.37. The number of hydrogen-bond acceptors (Lipinski definition) is 6. The summed E-state index contributed by atoms with van der Waals surface area (Å²) in [5, 5.41) is 3.25. The third kappa shape index (κ3) is 5.79. The molecule has 0 radical (unpaired) electrons. The molecule has 1 unspecified atom stereocenters. The molecule has 0 amide bonds. The van der Waals surface area contributed by atoms with E-state index in [1.165, 1.54) is 7.11 Å². The molecule has 0 aromatic heterocycles. The number of esters is 1. The quantitative estimate of drug-likeness (QED) is 0.307. The van der Waals surface area contributed by atoms with E-state index < -0.39 is 17.0 Å². The summed E-state index contributed by atoms with van der Waals surface area (Å²) >= 11 is 0. The normalized spacial score (nSPS) is 11.5. The largest absolute Gasteiger partial charge is 0.465 e. The van der Waals surface area contributed by atoms with Crippen LogP contribution in [0.2, 0.25) is 0 Å². The number of methoxy groups -OCH3 is 1. The molecule has 0 fully saturated rings. The molecule has 0 aliphatic carbocycles. The van der Waals surface area contributed by atoms with Crippen LogP contribution in [0.1, 0.15) is 29.3 Å². The molecule has 0 saturated carbocycles. The SMILES string of the molecule is CCCNc1cc(Oc2ccc(NS(=O)c3ccc(C)cc3)c(C(=O)OC)c2)ccc1N. The van der Waals surface area contributed by atoms with Crippen molar-refractivity contribution in [3.8, 4) is 11.5 Å². The van der Waals surface area contributed by atoms with Crippen LogP contribution in [0.5, 0.6) is 11.5 Å². The molecule has 0 saturated heterocycles. The van der Waals surface area contributed by atoms with Crippen LogP contribution < -0.4 is 20.5 Å². The number of nitrogens with one attached hydrogen (secondary N) is 2. The minimum atomic E-state index is -1.55. The third-order valence-electron chi connectivity index (χ3n) is 4.66. The predicted octanol–water partition coefficient (Wildman–Crippen LogP) is 5.11. The summed E-state index contributed by atoms with van der Waals surface area (Å²) in [6.07, 6.45) is 0.964. The van der Waals surface area contributed by atoms with Crippen molar-refractivity contribution in [1.82, 2.24) is 0 Å². The second kappa shape index (κ2) is 10.7. The summed E-state index contributed by atoms with van der Waals surface area (Å²) in [6.45, 7) is 4.82. The third-order valence-corrected chi connectivity index (χ3v) is 5.77. The molecule has 3 aromatic carbocycles. The summed E-state index contributed by atoms with van der Waals surface area (Å²) in [7, 11) is -0.252. The number of rotatable bonds is 9. The van der Waals surface area contributed by atoms with Crippen molar-refractivity contribution in [3.05, 3.63) is 71.8 Å². The monoisotopic (exact) mass is 453 g/mol. The van der Waals surface area contributed by atoms with Gasteiger partial charge in [0.1, 0.15) is 22.5 Å². The maximum absolute atomic E-state index is 12.7. The number of nitrogens with two attached hydrogens (primary N) is 1. The van der Waals surface area contributed by atoms with Crippen molar-refractivity contribution in [2.75, 3.05) is 29.4 Å². The highest BCUT2D eigenvalue weighted by atomic mass is 32.2. The van der Waals surface area contributed by atoms with Gasteiger partial charge in [0, 0.05) is 12.6 Å². The Hall–Kier alpha value is -3.52. The zero-order chi connectivity index (χ0) is 23.1. The van der Waals surface area contributed by atoms with Crippen LogP contribution in [0.15, 0.2) is 65.6 Å². The van der Waals surface area contributed by atoms with Gasteiger partial charge in [0.05, 0.1) is 34.6 Å². The van der Waals surface area contributed by atoms with E-state index in [1.807, 2.05) is 19.1 Å². The topological polar surface area (TPSA) is 103 Å². The first-order chi connectivity index (χ1) is 15.4. The van der Waals surface area contributed by atoms with E-state index in [4.69, 9.17) is 15.2 Å². The van der Waals surface area contributed by atoms with Gasteiger partial charge in [-0.05, 0) is 55.8 Å². The standard InChI is InChI=1S/C24H27N3O4S/c1-4-13-26-23-15-18(7-11-21(23)25)31-17-8-12-22(20(14-17)24(28)30-3)27-32(29)19-9-5-16(2)6-10-19/h5-12,14-15,26-27H,4,13,25H2,1-3H3. The average Bonchev–Trinajstić information content (AvgIpc) is 2.80. The summed E-state index contributed by atoms with van der Waals surface area (Å²) in [5.41, 5.74) is 9.08. The van der Waals surface area contributed by atoms with Gasteiger partial charge < -0.3 is 25.2 Å². The van der Waals surface area contributed by atoms with E-state index in [0.717, 1.165) is 24.2 Å². The molecule has 0 heterocycles. The summed E-state index contributed by atoms with van der Waals surface area (Å²) in [6, 6.07) is 17.5. The summed E-state index contributed by atoms with van der Waals surface area (Å²) < 4.78 is 26.4. The molecular formula is C24H27N3O4S. The first kappa shape index (κ1) is 23.1. The van der Waals surface area contributed by atoms with Crippen LogP contribution >= 0.6 is 0 Å². The first-order valence-electron chi connectivity index (χ1n) is 10.2. The molecule has 0 spiro atoms. The molecule has 8 heteroatoms. The molecule has 0 bridgehead atoms. The van der Waals surface area contributed by atoms with Crippen molar-refractivity contribution in [2.24, 2.45) is 0 Å². The number of carbonyl (C=O) groups is 1. The summed E-state index contributed by atoms with van der Waals surface area (Å²) in [4.78, 5) is 13.0. The van der Waals surface area contributed by atoms with Crippen LogP contribution in [-0.2, 0) is 15.7 Å². The molecule has 1 atom stereocenters. The Bertz CT molecular complexity index is 1120. The van der Waals surface area contributed by atoms with Gasteiger partial charge >= 0.3 is 5.97 Å². The lowest BCUT2D eigenvalue weighted by Crippen LogP contribution is -2.11. The molecule has 0 aliphatic rings. The van der Waals surface area contributed by atoms with E-state index in [1.54, 1.807) is 48.5 Å². The fraction of sp³-hybridized carbons (Fsp3) is 0.208. The molecular weight excluding hydrogens is 426 g/mol. The van der Waals surface area contributed by atoms with Crippen molar-refractivity contribution < 1.29 is 18.5 Å². The maximum Gasteiger partial charge on any atom is 0.340 e. The first-order valence-corrected chi connectivity index (χ1v) is 11.3. The Morgan fingerprint density at radius 1 is 1.00 bits per heavy atom. The fourth-order valence-corrected chi connectivity index (χ4v) is 3.80. The minimum absolute atomic E-state index is 0.213. The van der Waals surface area contributed by atoms with Crippen LogP contribution in [0.25, 0.3) is 0 Å². The number of aryl methyl sites for hydroxylation is 1. The Morgan fingerprint density at radius 3 is 2.38 bits per heavy atom. The van der Waals surface area contributed by atoms with E-state index in [9.17, 15) is 9.00 Å². The lowest BCUT2D eigenvalue weighted by Gasteiger charge is -2.14.